The summed E-state index contributed by atoms with van der Waals surface area (Å²) in [5.41, 5.74) is 6.20. The molecule has 3 atom stereocenters. The van der Waals surface area contributed by atoms with E-state index in [1.54, 1.807) is 17.8 Å². The number of thioether (sulfide) groups is 1. The topological polar surface area (TPSA) is 134 Å². The SMILES string of the molecule is CSc1cccc(NC(=O)N[C@H]2C[C@@H](C(=O)N[C@@H](Cc3cccs3)C(N)=O)N(C(=O)C3CC3)C2)c1. The van der Waals surface area contributed by atoms with Gasteiger partial charge in [0.25, 0.3) is 0 Å². The minimum Gasteiger partial charge on any atom is -0.368 e. The molecule has 1 aromatic carbocycles. The van der Waals surface area contributed by atoms with Gasteiger partial charge in [-0.1, -0.05) is 12.1 Å². The van der Waals surface area contributed by atoms with Gasteiger partial charge in [-0.05, 0) is 55.2 Å². The third kappa shape index (κ3) is 6.55. The lowest BCUT2D eigenvalue weighted by Gasteiger charge is -2.25. The lowest BCUT2D eigenvalue weighted by atomic mass is 10.1. The van der Waals surface area contributed by atoms with Crippen molar-refractivity contribution in [2.75, 3.05) is 18.1 Å². The summed E-state index contributed by atoms with van der Waals surface area (Å²) in [6.45, 7) is 0.234. The maximum absolute atomic E-state index is 13.2. The number of hydrogen-bond donors (Lipinski definition) is 4. The summed E-state index contributed by atoms with van der Waals surface area (Å²) in [7, 11) is 0. The van der Waals surface area contributed by atoms with Crippen molar-refractivity contribution in [1.29, 1.82) is 0 Å². The number of amides is 5. The summed E-state index contributed by atoms with van der Waals surface area (Å²) < 4.78 is 0. The Balaban J connectivity index is 1.41. The van der Waals surface area contributed by atoms with Crippen molar-refractivity contribution < 1.29 is 19.2 Å². The molecule has 4 rings (SSSR count). The van der Waals surface area contributed by atoms with Crippen LogP contribution in [0.3, 0.4) is 0 Å². The molecule has 0 spiro atoms. The Labute approximate surface area is 212 Å². The molecule has 5 amide bonds. The number of hydrogen-bond acceptors (Lipinski definition) is 6. The average Bonchev–Trinajstić information content (AvgIpc) is 3.40. The van der Waals surface area contributed by atoms with E-state index in [4.69, 9.17) is 5.73 Å². The number of thiophene rings is 1. The number of nitrogens with one attached hydrogen (secondary N) is 3. The van der Waals surface area contributed by atoms with Crippen molar-refractivity contribution in [2.45, 2.75) is 48.7 Å². The standard InChI is InChI=1S/C24H29N5O4S2/c1-34-17-5-2-4-15(10-17)26-24(33)27-16-11-20(29(13-16)23(32)14-7-8-14)22(31)28-19(21(25)30)12-18-6-3-9-35-18/h2-6,9-10,14,16,19-20H,7-8,11-13H2,1H3,(H2,25,30)(H,28,31)(H2,26,27,33)/t16-,19-,20-/m0/s1. The van der Waals surface area contributed by atoms with Crippen LogP contribution in [-0.2, 0) is 20.8 Å². The molecule has 9 nitrogen and oxygen atoms in total. The van der Waals surface area contributed by atoms with Gasteiger partial charge in [0.05, 0.1) is 6.04 Å². The predicted molar refractivity (Wildman–Crippen MR) is 136 cm³/mol. The Hall–Kier alpha value is -3.05. The zero-order valence-corrected chi connectivity index (χ0v) is 21.0. The Kier molecular flexibility index (Phi) is 7.97. The highest BCUT2D eigenvalue weighted by molar-refractivity contribution is 7.98. The molecule has 35 heavy (non-hydrogen) atoms. The van der Waals surface area contributed by atoms with Crippen molar-refractivity contribution in [1.82, 2.24) is 15.5 Å². The Morgan fingerprint density at radius 1 is 1.20 bits per heavy atom. The molecule has 186 valence electrons. The number of likely N-dealkylation sites (tertiary alicyclic amines) is 1. The highest BCUT2D eigenvalue weighted by Gasteiger charge is 2.45. The second kappa shape index (κ2) is 11.1. The Morgan fingerprint density at radius 3 is 2.66 bits per heavy atom. The first kappa shape index (κ1) is 25.1. The van der Waals surface area contributed by atoms with E-state index in [1.165, 1.54) is 16.2 Å². The number of anilines is 1. The zero-order chi connectivity index (χ0) is 24.9. The molecule has 1 aliphatic carbocycles. The van der Waals surface area contributed by atoms with Crippen LogP contribution in [0.1, 0.15) is 24.1 Å². The van der Waals surface area contributed by atoms with Crippen LogP contribution in [0.4, 0.5) is 10.5 Å². The fraction of sp³-hybridized carbons (Fsp3) is 0.417. The fourth-order valence-electron chi connectivity index (χ4n) is 4.17. The number of rotatable bonds is 9. The van der Waals surface area contributed by atoms with Crippen LogP contribution in [0.15, 0.2) is 46.7 Å². The first-order valence-electron chi connectivity index (χ1n) is 11.5. The molecule has 1 saturated heterocycles. The average molecular weight is 516 g/mol. The van der Waals surface area contributed by atoms with E-state index >= 15 is 0 Å². The smallest absolute Gasteiger partial charge is 0.319 e. The fourth-order valence-corrected chi connectivity index (χ4v) is 5.38. The number of primary amides is 1. The van der Waals surface area contributed by atoms with E-state index in [-0.39, 0.29) is 24.8 Å². The third-order valence-corrected chi connectivity index (χ3v) is 7.75. The largest absolute Gasteiger partial charge is 0.368 e. The van der Waals surface area contributed by atoms with E-state index in [9.17, 15) is 19.2 Å². The van der Waals surface area contributed by atoms with Gasteiger partial charge in [-0.2, -0.15) is 0 Å². The maximum Gasteiger partial charge on any atom is 0.319 e. The summed E-state index contributed by atoms with van der Waals surface area (Å²) in [6.07, 6.45) is 4.11. The monoisotopic (exact) mass is 515 g/mol. The number of carbonyl (C=O) groups excluding carboxylic acids is 4. The lowest BCUT2D eigenvalue weighted by molar-refractivity contribution is -0.140. The van der Waals surface area contributed by atoms with E-state index < -0.39 is 36.0 Å². The van der Waals surface area contributed by atoms with Gasteiger partial charge in [0, 0.05) is 34.3 Å². The minimum absolute atomic E-state index is 0.0785. The van der Waals surface area contributed by atoms with Crippen LogP contribution in [0.25, 0.3) is 0 Å². The molecule has 0 bridgehead atoms. The van der Waals surface area contributed by atoms with Crippen LogP contribution in [0.2, 0.25) is 0 Å². The molecular formula is C24H29N5O4S2. The molecule has 1 aliphatic heterocycles. The van der Waals surface area contributed by atoms with Gasteiger partial charge in [-0.15, -0.1) is 23.1 Å². The van der Waals surface area contributed by atoms with Crippen molar-refractivity contribution in [3.63, 3.8) is 0 Å². The maximum atomic E-state index is 13.2. The third-order valence-electron chi connectivity index (χ3n) is 6.12. The summed E-state index contributed by atoms with van der Waals surface area (Å²) >= 11 is 3.05. The van der Waals surface area contributed by atoms with E-state index in [1.807, 2.05) is 42.0 Å². The summed E-state index contributed by atoms with van der Waals surface area (Å²) in [5.74, 6) is -1.23. The van der Waals surface area contributed by atoms with Crippen molar-refractivity contribution in [3.8, 4) is 0 Å². The van der Waals surface area contributed by atoms with E-state index in [0.717, 1.165) is 22.6 Å². The van der Waals surface area contributed by atoms with Gasteiger partial charge < -0.3 is 26.6 Å². The van der Waals surface area contributed by atoms with Crippen LogP contribution in [-0.4, -0.2) is 59.6 Å². The van der Waals surface area contributed by atoms with Gasteiger partial charge in [0.15, 0.2) is 0 Å². The molecule has 2 heterocycles. The molecule has 1 saturated carbocycles. The molecular weight excluding hydrogens is 486 g/mol. The first-order chi connectivity index (χ1) is 16.8. The van der Waals surface area contributed by atoms with Crippen molar-refractivity contribution in [2.24, 2.45) is 11.7 Å². The second-order valence-electron chi connectivity index (χ2n) is 8.79. The van der Waals surface area contributed by atoms with Crippen LogP contribution in [0.5, 0.6) is 0 Å². The quantitative estimate of drug-likeness (QED) is 0.380. The number of carbonyl (C=O) groups is 4. The summed E-state index contributed by atoms with van der Waals surface area (Å²) in [5, 5.41) is 10.3. The van der Waals surface area contributed by atoms with Gasteiger partial charge in [0.1, 0.15) is 12.1 Å². The van der Waals surface area contributed by atoms with Crippen LogP contribution in [0, 0.1) is 5.92 Å². The van der Waals surface area contributed by atoms with Crippen molar-refractivity contribution in [3.05, 3.63) is 46.7 Å². The first-order valence-corrected chi connectivity index (χ1v) is 13.6. The number of urea groups is 1. The molecule has 2 aromatic rings. The predicted octanol–water partition coefficient (Wildman–Crippen LogP) is 2.18. The number of nitrogens with zero attached hydrogens (tertiary/aromatic N) is 1. The van der Waals surface area contributed by atoms with Crippen LogP contribution >= 0.6 is 23.1 Å². The Morgan fingerprint density at radius 2 is 2.00 bits per heavy atom. The van der Waals surface area contributed by atoms with E-state index in [0.29, 0.717) is 12.1 Å². The second-order valence-corrected chi connectivity index (χ2v) is 10.7. The lowest BCUT2D eigenvalue weighted by Crippen LogP contribution is -2.53. The molecule has 2 aliphatic rings. The normalized spacial score (nSPS) is 20.2. The minimum atomic E-state index is -0.877. The van der Waals surface area contributed by atoms with Gasteiger partial charge in [-0.25, -0.2) is 4.79 Å². The number of nitrogens with two attached hydrogens (primary N) is 1. The zero-order valence-electron chi connectivity index (χ0n) is 19.4. The highest BCUT2D eigenvalue weighted by atomic mass is 32.2. The molecule has 2 fully saturated rings. The molecule has 1 aromatic heterocycles. The van der Waals surface area contributed by atoms with Crippen LogP contribution < -0.4 is 21.7 Å². The molecule has 0 radical (unpaired) electrons. The molecule has 11 heteroatoms. The number of benzene rings is 1. The molecule has 0 unspecified atom stereocenters. The van der Waals surface area contributed by atoms with Crippen molar-refractivity contribution >= 4 is 52.5 Å². The van der Waals surface area contributed by atoms with Gasteiger partial charge in [-0.3, -0.25) is 14.4 Å². The summed E-state index contributed by atoms with van der Waals surface area (Å²) in [4.78, 5) is 54.2. The molecule has 5 N–H and O–H groups in total. The summed E-state index contributed by atoms with van der Waals surface area (Å²) in [6, 6.07) is 8.76. The Bertz CT molecular complexity index is 1090. The highest BCUT2D eigenvalue weighted by Crippen LogP contribution is 2.34. The van der Waals surface area contributed by atoms with E-state index in [2.05, 4.69) is 16.0 Å². The van der Waals surface area contributed by atoms with Gasteiger partial charge in [0.2, 0.25) is 17.7 Å². The van der Waals surface area contributed by atoms with Gasteiger partial charge >= 0.3 is 6.03 Å².